The van der Waals surface area contributed by atoms with E-state index in [4.69, 9.17) is 9.47 Å². The number of aromatic nitrogens is 2. The van der Waals surface area contributed by atoms with Gasteiger partial charge in [0.2, 0.25) is 5.88 Å². The highest BCUT2D eigenvalue weighted by molar-refractivity contribution is 5.78. The van der Waals surface area contributed by atoms with Crippen molar-refractivity contribution in [1.82, 2.24) is 10.2 Å². The number of nitrogens with zero attached hydrogens (tertiary/aromatic N) is 2. The molecule has 0 spiro atoms. The highest BCUT2D eigenvalue weighted by Gasteiger charge is 2.52. The maximum absolute atomic E-state index is 13.4. The Labute approximate surface area is 183 Å². The third-order valence-corrected chi connectivity index (χ3v) is 5.16. The Balaban J connectivity index is 2.20. The van der Waals surface area contributed by atoms with Crippen LogP contribution in [-0.4, -0.2) is 38.1 Å². The fraction of sp³-hybridized carbons (Fsp3) is 0.542. The molecule has 3 rings (SSSR count). The third-order valence-electron chi connectivity index (χ3n) is 5.16. The van der Waals surface area contributed by atoms with Crippen LogP contribution in [0.25, 0.3) is 0 Å². The Bertz CT molecular complexity index is 1000. The number of ether oxygens (including phenoxy) is 2. The second-order valence-corrected chi connectivity index (χ2v) is 10.4. The van der Waals surface area contributed by atoms with Crippen molar-refractivity contribution in [3.8, 4) is 11.9 Å². The fourth-order valence-electron chi connectivity index (χ4n) is 4.06. The predicted octanol–water partition coefficient (Wildman–Crippen LogP) is 3.86. The van der Waals surface area contributed by atoms with Crippen LogP contribution in [0.2, 0.25) is 0 Å². The van der Waals surface area contributed by atoms with Crippen molar-refractivity contribution in [2.24, 2.45) is 5.92 Å². The largest absolute Gasteiger partial charge is 0.471 e. The molecular weight excluding hydrogens is 394 g/mol. The normalized spacial score (nSPS) is 23.6. The van der Waals surface area contributed by atoms with Crippen LogP contribution >= 0.6 is 0 Å². The molecule has 7 nitrogen and oxygen atoms in total. The van der Waals surface area contributed by atoms with Gasteiger partial charge in [-0.2, -0.15) is 5.26 Å². The van der Waals surface area contributed by atoms with E-state index in [1.54, 1.807) is 52.0 Å². The number of rotatable bonds is 3. The molecule has 0 bridgehead atoms. The average molecular weight is 426 g/mol. The van der Waals surface area contributed by atoms with Gasteiger partial charge < -0.3 is 14.6 Å². The Kier molecular flexibility index (Phi) is 5.66. The van der Waals surface area contributed by atoms with Crippen LogP contribution in [0.5, 0.6) is 5.88 Å². The van der Waals surface area contributed by atoms with Crippen LogP contribution in [-0.2, 0) is 16.0 Å². The number of hydrogen-bond acceptors (Lipinski definition) is 6. The molecule has 3 atom stereocenters. The first-order valence-corrected chi connectivity index (χ1v) is 10.4. The van der Waals surface area contributed by atoms with Crippen LogP contribution < -0.4 is 4.74 Å². The van der Waals surface area contributed by atoms with Crippen molar-refractivity contribution in [1.29, 1.82) is 5.26 Å². The van der Waals surface area contributed by atoms with E-state index in [1.165, 1.54) is 0 Å². The lowest BCUT2D eigenvalue weighted by atomic mass is 9.66. The summed E-state index contributed by atoms with van der Waals surface area (Å²) in [5.74, 6) is -1.52. The summed E-state index contributed by atoms with van der Waals surface area (Å²) in [5.41, 5.74) is 0.165. The number of aromatic amines is 1. The lowest BCUT2D eigenvalue weighted by Gasteiger charge is -2.42. The number of esters is 1. The number of nitrogens with one attached hydrogen (secondary N) is 1. The van der Waals surface area contributed by atoms with Crippen molar-refractivity contribution in [2.45, 2.75) is 77.6 Å². The van der Waals surface area contributed by atoms with E-state index in [0.29, 0.717) is 11.4 Å². The first kappa shape index (κ1) is 22.8. The van der Waals surface area contributed by atoms with E-state index in [0.717, 1.165) is 16.8 Å². The Hall–Kier alpha value is -2.85. The topological polar surface area (TPSA) is 108 Å². The fourth-order valence-corrected chi connectivity index (χ4v) is 4.06. The predicted molar refractivity (Wildman–Crippen MR) is 116 cm³/mol. The van der Waals surface area contributed by atoms with Gasteiger partial charge in [-0.3, -0.25) is 9.89 Å². The molecule has 0 saturated heterocycles. The van der Waals surface area contributed by atoms with Gasteiger partial charge in [0.1, 0.15) is 11.2 Å². The molecular formula is C24H31N3O4. The minimum Gasteiger partial charge on any atom is -0.471 e. The SMILES string of the molecule is CC(C)(C)OC(=O)[C@@H]1[C@@H](c2ccc(C#N)cc2)c2c(OC(C)(C)C)n[nH]c2C[C@@]1(C)O. The molecule has 7 heteroatoms. The first-order chi connectivity index (χ1) is 14.2. The average Bonchev–Trinajstić information content (AvgIpc) is 2.98. The smallest absolute Gasteiger partial charge is 0.313 e. The molecule has 1 aliphatic rings. The van der Waals surface area contributed by atoms with Crippen molar-refractivity contribution in [3.63, 3.8) is 0 Å². The maximum atomic E-state index is 13.4. The zero-order valence-corrected chi connectivity index (χ0v) is 19.2. The van der Waals surface area contributed by atoms with Gasteiger partial charge in [-0.25, -0.2) is 0 Å². The molecule has 2 N–H and O–H groups in total. The summed E-state index contributed by atoms with van der Waals surface area (Å²) in [5, 5.41) is 27.9. The molecule has 166 valence electrons. The zero-order valence-electron chi connectivity index (χ0n) is 19.2. The van der Waals surface area contributed by atoms with Crippen LogP contribution in [0.4, 0.5) is 0 Å². The van der Waals surface area contributed by atoms with E-state index in [2.05, 4.69) is 16.3 Å². The highest BCUT2D eigenvalue weighted by Crippen LogP contribution is 2.49. The summed E-state index contributed by atoms with van der Waals surface area (Å²) in [6.45, 7) is 12.8. The molecule has 0 fully saturated rings. The van der Waals surface area contributed by atoms with Gasteiger partial charge in [0.15, 0.2) is 0 Å². The molecule has 0 aliphatic heterocycles. The van der Waals surface area contributed by atoms with E-state index >= 15 is 0 Å². The molecule has 0 saturated carbocycles. The molecule has 1 aromatic carbocycles. The standard InChI is InChI=1S/C24H31N3O4/c1-22(2,3)30-20-18-16(26-27-20)12-24(7,29)19(21(28)31-23(4,5)6)17(18)15-10-8-14(13-25)9-11-15/h8-11,17,19,29H,12H2,1-7H3,(H,26,27)/t17-,19-,24+/m0/s1. The summed E-state index contributed by atoms with van der Waals surface area (Å²) >= 11 is 0. The molecule has 0 radical (unpaired) electrons. The molecule has 0 amide bonds. The summed E-state index contributed by atoms with van der Waals surface area (Å²) in [7, 11) is 0. The molecule has 1 heterocycles. The number of aliphatic hydroxyl groups is 1. The van der Waals surface area contributed by atoms with Crippen molar-refractivity contribution < 1.29 is 19.4 Å². The number of nitriles is 1. The number of carbonyl (C=O) groups is 1. The second-order valence-electron chi connectivity index (χ2n) is 10.4. The minimum absolute atomic E-state index is 0.208. The van der Waals surface area contributed by atoms with Gasteiger partial charge in [0, 0.05) is 23.6 Å². The monoisotopic (exact) mass is 425 g/mol. The van der Waals surface area contributed by atoms with Gasteiger partial charge >= 0.3 is 5.97 Å². The Morgan fingerprint density at radius 2 is 1.81 bits per heavy atom. The quantitative estimate of drug-likeness (QED) is 0.723. The van der Waals surface area contributed by atoms with E-state index in [-0.39, 0.29) is 6.42 Å². The van der Waals surface area contributed by atoms with Crippen LogP contribution in [0.3, 0.4) is 0 Å². The van der Waals surface area contributed by atoms with E-state index in [9.17, 15) is 15.2 Å². The van der Waals surface area contributed by atoms with E-state index in [1.807, 2.05) is 20.8 Å². The second kappa shape index (κ2) is 7.69. The summed E-state index contributed by atoms with van der Waals surface area (Å²) in [6.07, 6.45) is 0.208. The Morgan fingerprint density at radius 3 is 2.32 bits per heavy atom. The van der Waals surface area contributed by atoms with Gasteiger partial charge in [-0.05, 0) is 66.2 Å². The van der Waals surface area contributed by atoms with Gasteiger partial charge in [0.05, 0.1) is 23.2 Å². The van der Waals surface area contributed by atoms with E-state index < -0.39 is 34.6 Å². The number of benzene rings is 1. The van der Waals surface area contributed by atoms with Crippen LogP contribution in [0.15, 0.2) is 24.3 Å². The molecule has 1 aliphatic carbocycles. The van der Waals surface area contributed by atoms with Crippen molar-refractivity contribution in [2.75, 3.05) is 0 Å². The number of carbonyl (C=O) groups excluding carboxylic acids is 1. The number of fused-ring (bicyclic) bond motifs is 1. The Morgan fingerprint density at radius 1 is 1.19 bits per heavy atom. The van der Waals surface area contributed by atoms with Gasteiger partial charge in [0.25, 0.3) is 0 Å². The molecule has 2 aromatic rings. The summed E-state index contributed by atoms with van der Waals surface area (Å²) in [4.78, 5) is 13.4. The van der Waals surface area contributed by atoms with Gasteiger partial charge in [-0.1, -0.05) is 12.1 Å². The van der Waals surface area contributed by atoms with Crippen LogP contribution in [0.1, 0.15) is 76.8 Å². The van der Waals surface area contributed by atoms with Crippen molar-refractivity contribution >= 4 is 5.97 Å². The molecule has 1 aromatic heterocycles. The minimum atomic E-state index is -1.38. The summed E-state index contributed by atoms with van der Waals surface area (Å²) < 4.78 is 11.8. The lowest BCUT2D eigenvalue weighted by molar-refractivity contribution is -0.171. The number of H-pyrrole nitrogens is 1. The third kappa shape index (κ3) is 4.91. The van der Waals surface area contributed by atoms with Gasteiger partial charge in [-0.15, -0.1) is 5.10 Å². The lowest BCUT2D eigenvalue weighted by Crippen LogP contribution is -2.50. The summed E-state index contributed by atoms with van der Waals surface area (Å²) in [6, 6.07) is 9.13. The van der Waals surface area contributed by atoms with Crippen molar-refractivity contribution in [3.05, 3.63) is 46.6 Å². The maximum Gasteiger partial charge on any atom is 0.313 e. The zero-order chi connectivity index (χ0) is 23.2. The molecule has 0 unspecified atom stereocenters. The highest BCUT2D eigenvalue weighted by atomic mass is 16.6. The van der Waals surface area contributed by atoms with Crippen LogP contribution in [0, 0.1) is 17.2 Å². The first-order valence-electron chi connectivity index (χ1n) is 10.4. The molecule has 31 heavy (non-hydrogen) atoms. The number of hydrogen-bond donors (Lipinski definition) is 2.